The van der Waals surface area contributed by atoms with E-state index in [2.05, 4.69) is 21.2 Å². The van der Waals surface area contributed by atoms with Crippen LogP contribution in [-0.4, -0.2) is 73.8 Å². The standard InChI is InChI=1S/C26H28FN5O3/c27-24-10-21(12-29)6-7-25(24)34-9-1-8-31-14-22-16-32(17-23(15-31)35-22)18-26(33)30-13-20-4-2-19(11-28)3-5-20/h2-7,10,22-23H,1,8-9,13-18H2,(H,30,33). The lowest BCUT2D eigenvalue weighted by atomic mass is 10.1. The van der Waals surface area contributed by atoms with E-state index in [1.807, 2.05) is 18.2 Å². The van der Waals surface area contributed by atoms with Crippen molar-refractivity contribution in [1.29, 1.82) is 10.5 Å². The lowest BCUT2D eigenvalue weighted by molar-refractivity contribution is -0.145. The molecule has 9 heteroatoms. The molecule has 0 saturated carbocycles. The summed E-state index contributed by atoms with van der Waals surface area (Å²) in [6, 6.07) is 15.4. The number of nitriles is 2. The van der Waals surface area contributed by atoms with Crippen molar-refractivity contribution in [3.05, 3.63) is 65.0 Å². The minimum absolute atomic E-state index is 0.0293. The van der Waals surface area contributed by atoms with Gasteiger partial charge in [-0.25, -0.2) is 4.39 Å². The Bertz CT molecular complexity index is 1100. The van der Waals surface area contributed by atoms with Gasteiger partial charge < -0.3 is 14.8 Å². The molecule has 182 valence electrons. The topological polar surface area (TPSA) is 102 Å². The first-order chi connectivity index (χ1) is 17.0. The molecule has 2 atom stereocenters. The summed E-state index contributed by atoms with van der Waals surface area (Å²) in [6.07, 6.45) is 0.844. The summed E-state index contributed by atoms with van der Waals surface area (Å²) in [5.74, 6) is -0.389. The zero-order valence-corrected chi connectivity index (χ0v) is 19.5. The van der Waals surface area contributed by atoms with Crippen molar-refractivity contribution in [3.63, 3.8) is 0 Å². The van der Waals surface area contributed by atoms with E-state index >= 15 is 0 Å². The third-order valence-corrected chi connectivity index (χ3v) is 6.11. The predicted octanol–water partition coefficient (Wildman–Crippen LogP) is 2.04. The largest absolute Gasteiger partial charge is 0.490 e. The average molecular weight is 478 g/mol. The van der Waals surface area contributed by atoms with Gasteiger partial charge in [-0.15, -0.1) is 0 Å². The molecule has 2 aliphatic rings. The van der Waals surface area contributed by atoms with Crippen LogP contribution in [0.4, 0.5) is 4.39 Å². The second-order valence-electron chi connectivity index (χ2n) is 8.88. The summed E-state index contributed by atoms with van der Waals surface area (Å²) in [5.41, 5.74) is 1.83. The molecule has 2 bridgehead atoms. The van der Waals surface area contributed by atoms with Crippen molar-refractivity contribution in [2.75, 3.05) is 45.9 Å². The molecule has 4 rings (SSSR count). The maximum absolute atomic E-state index is 13.9. The van der Waals surface area contributed by atoms with Gasteiger partial charge in [0.05, 0.1) is 48.6 Å². The Morgan fingerprint density at radius 1 is 1.03 bits per heavy atom. The summed E-state index contributed by atoms with van der Waals surface area (Å²) in [5, 5.41) is 20.6. The molecule has 35 heavy (non-hydrogen) atoms. The monoisotopic (exact) mass is 477 g/mol. The van der Waals surface area contributed by atoms with E-state index in [-0.39, 0.29) is 29.4 Å². The second-order valence-corrected chi connectivity index (χ2v) is 8.88. The van der Waals surface area contributed by atoms with Crippen LogP contribution in [0.1, 0.15) is 23.1 Å². The van der Waals surface area contributed by atoms with Crippen molar-refractivity contribution < 1.29 is 18.7 Å². The Balaban J connectivity index is 1.15. The van der Waals surface area contributed by atoms with Gasteiger partial charge in [0.25, 0.3) is 0 Å². The summed E-state index contributed by atoms with van der Waals surface area (Å²) < 4.78 is 25.5. The maximum atomic E-state index is 13.9. The Morgan fingerprint density at radius 3 is 2.34 bits per heavy atom. The molecule has 0 spiro atoms. The number of nitrogens with one attached hydrogen (secondary N) is 1. The van der Waals surface area contributed by atoms with Crippen molar-refractivity contribution in [3.8, 4) is 17.9 Å². The average Bonchev–Trinajstić information content (AvgIpc) is 2.86. The van der Waals surface area contributed by atoms with E-state index in [1.54, 1.807) is 18.2 Å². The van der Waals surface area contributed by atoms with Crippen LogP contribution in [0.5, 0.6) is 5.75 Å². The number of fused-ring (bicyclic) bond motifs is 2. The van der Waals surface area contributed by atoms with Crippen molar-refractivity contribution in [2.45, 2.75) is 25.2 Å². The minimum Gasteiger partial charge on any atom is -0.490 e. The number of nitrogens with zero attached hydrogens (tertiary/aromatic N) is 4. The van der Waals surface area contributed by atoms with Crippen LogP contribution < -0.4 is 10.1 Å². The smallest absolute Gasteiger partial charge is 0.234 e. The normalized spacial score (nSPS) is 20.0. The van der Waals surface area contributed by atoms with Crippen LogP contribution in [-0.2, 0) is 16.1 Å². The summed E-state index contributed by atoms with van der Waals surface area (Å²) in [7, 11) is 0. The first-order valence-electron chi connectivity index (χ1n) is 11.7. The van der Waals surface area contributed by atoms with Gasteiger partial charge in [0.2, 0.25) is 5.91 Å². The predicted molar refractivity (Wildman–Crippen MR) is 126 cm³/mol. The van der Waals surface area contributed by atoms with Gasteiger partial charge in [0, 0.05) is 39.3 Å². The molecular weight excluding hydrogens is 449 g/mol. The van der Waals surface area contributed by atoms with E-state index in [1.165, 1.54) is 12.1 Å². The van der Waals surface area contributed by atoms with Gasteiger partial charge in [-0.05, 0) is 42.3 Å². The summed E-state index contributed by atoms with van der Waals surface area (Å²) in [4.78, 5) is 16.9. The van der Waals surface area contributed by atoms with Crippen molar-refractivity contribution in [2.24, 2.45) is 0 Å². The summed E-state index contributed by atoms with van der Waals surface area (Å²) in [6.45, 7) is 4.94. The number of halogens is 1. The fraction of sp³-hybridized carbons (Fsp3) is 0.423. The van der Waals surface area contributed by atoms with Gasteiger partial charge >= 0.3 is 0 Å². The molecule has 2 aromatic carbocycles. The molecule has 1 amide bonds. The van der Waals surface area contributed by atoms with Crippen LogP contribution in [0.3, 0.4) is 0 Å². The highest BCUT2D eigenvalue weighted by atomic mass is 19.1. The number of carbonyl (C=O) groups excluding carboxylic acids is 1. The zero-order valence-electron chi connectivity index (χ0n) is 19.5. The lowest BCUT2D eigenvalue weighted by Gasteiger charge is -2.45. The maximum Gasteiger partial charge on any atom is 0.234 e. The number of morpholine rings is 2. The Kier molecular flexibility index (Phi) is 8.27. The van der Waals surface area contributed by atoms with Gasteiger partial charge in [-0.2, -0.15) is 10.5 Å². The first kappa shape index (κ1) is 24.6. The van der Waals surface area contributed by atoms with Gasteiger partial charge in [-0.3, -0.25) is 14.6 Å². The first-order valence-corrected chi connectivity index (χ1v) is 11.7. The number of hydrogen-bond acceptors (Lipinski definition) is 7. The molecule has 2 aromatic rings. The SMILES string of the molecule is N#Cc1ccc(CNC(=O)CN2CC3CN(CCCOc4ccc(C#N)cc4F)CC(C2)O3)cc1. The number of carbonyl (C=O) groups is 1. The number of hydrogen-bond donors (Lipinski definition) is 1. The zero-order chi connectivity index (χ0) is 24.6. The van der Waals surface area contributed by atoms with E-state index in [4.69, 9.17) is 20.0 Å². The number of amides is 1. The Labute approximate surface area is 204 Å². The minimum atomic E-state index is -0.522. The molecule has 2 saturated heterocycles. The van der Waals surface area contributed by atoms with Gasteiger partial charge in [0.1, 0.15) is 0 Å². The second kappa shape index (κ2) is 11.8. The van der Waals surface area contributed by atoms with Gasteiger partial charge in [0.15, 0.2) is 11.6 Å². The molecule has 2 fully saturated rings. The fourth-order valence-corrected chi connectivity index (χ4v) is 4.49. The van der Waals surface area contributed by atoms with Crippen LogP contribution in [0, 0.1) is 28.5 Å². The van der Waals surface area contributed by atoms with E-state index < -0.39 is 5.82 Å². The molecule has 1 N–H and O–H groups in total. The fourth-order valence-electron chi connectivity index (χ4n) is 4.49. The Morgan fingerprint density at radius 2 is 1.69 bits per heavy atom. The van der Waals surface area contributed by atoms with Gasteiger partial charge in [-0.1, -0.05) is 12.1 Å². The molecule has 8 nitrogen and oxygen atoms in total. The van der Waals surface area contributed by atoms with E-state index in [9.17, 15) is 9.18 Å². The van der Waals surface area contributed by atoms with Crippen LogP contribution in [0.2, 0.25) is 0 Å². The molecule has 2 unspecified atom stereocenters. The van der Waals surface area contributed by atoms with Crippen molar-refractivity contribution >= 4 is 5.91 Å². The molecule has 0 aromatic heterocycles. The number of ether oxygens (including phenoxy) is 2. The van der Waals surface area contributed by atoms with Crippen molar-refractivity contribution in [1.82, 2.24) is 15.1 Å². The molecule has 2 aliphatic heterocycles. The number of benzene rings is 2. The van der Waals surface area contributed by atoms with Crippen LogP contribution >= 0.6 is 0 Å². The number of rotatable bonds is 9. The molecule has 2 heterocycles. The highest BCUT2D eigenvalue weighted by Gasteiger charge is 2.35. The highest BCUT2D eigenvalue weighted by Crippen LogP contribution is 2.20. The molecular formula is C26H28FN5O3. The molecule has 0 radical (unpaired) electrons. The van der Waals surface area contributed by atoms with E-state index in [0.29, 0.717) is 38.3 Å². The third-order valence-electron chi connectivity index (χ3n) is 6.11. The van der Waals surface area contributed by atoms with Crippen LogP contribution in [0.15, 0.2) is 42.5 Å². The lowest BCUT2D eigenvalue weighted by Crippen LogP contribution is -2.60. The summed E-state index contributed by atoms with van der Waals surface area (Å²) >= 11 is 0. The van der Waals surface area contributed by atoms with E-state index in [0.717, 1.165) is 31.6 Å². The molecule has 0 aliphatic carbocycles. The quantitative estimate of drug-likeness (QED) is 0.552. The Hall–Kier alpha value is -3.50. The van der Waals surface area contributed by atoms with Crippen LogP contribution in [0.25, 0.3) is 0 Å². The third kappa shape index (κ3) is 7.00. The highest BCUT2D eigenvalue weighted by molar-refractivity contribution is 5.78.